The van der Waals surface area contributed by atoms with Gasteiger partial charge in [-0.05, 0) is 44.1 Å². The number of hydrogen-bond acceptors (Lipinski definition) is 3. The summed E-state index contributed by atoms with van der Waals surface area (Å²) in [6.07, 6.45) is 10.5. The van der Waals surface area contributed by atoms with Crippen molar-refractivity contribution in [2.75, 3.05) is 0 Å². The van der Waals surface area contributed by atoms with Crippen LogP contribution in [0.3, 0.4) is 0 Å². The molecule has 2 aliphatic rings. The van der Waals surface area contributed by atoms with E-state index in [9.17, 15) is 4.79 Å². The second kappa shape index (κ2) is 8.50. The molecule has 4 nitrogen and oxygen atoms in total. The quantitative estimate of drug-likeness (QED) is 0.818. The molecule has 1 fully saturated rings. The summed E-state index contributed by atoms with van der Waals surface area (Å²) in [6, 6.07) is 10.2. The highest BCUT2D eigenvalue weighted by molar-refractivity contribution is 6.04. The van der Waals surface area contributed by atoms with Gasteiger partial charge in [0.05, 0.1) is 0 Å². The molecule has 1 saturated carbocycles. The molecule has 1 amide bonds. The first-order valence-corrected chi connectivity index (χ1v) is 9.85. The summed E-state index contributed by atoms with van der Waals surface area (Å²) < 4.78 is 0. The second-order valence-electron chi connectivity index (χ2n) is 7.67. The summed E-state index contributed by atoms with van der Waals surface area (Å²) >= 11 is 0. The van der Waals surface area contributed by atoms with Crippen molar-refractivity contribution in [1.82, 2.24) is 4.90 Å². The van der Waals surface area contributed by atoms with Crippen molar-refractivity contribution in [3.05, 3.63) is 35.9 Å². The van der Waals surface area contributed by atoms with Crippen LogP contribution in [0.1, 0.15) is 63.9 Å². The molecule has 1 aromatic carbocycles. The van der Waals surface area contributed by atoms with Gasteiger partial charge in [0.15, 0.2) is 5.96 Å². The number of rotatable bonds is 7. The van der Waals surface area contributed by atoms with Crippen LogP contribution in [0, 0.1) is 5.92 Å². The van der Waals surface area contributed by atoms with Crippen molar-refractivity contribution in [2.24, 2.45) is 16.6 Å². The van der Waals surface area contributed by atoms with Crippen molar-refractivity contribution in [3.8, 4) is 0 Å². The van der Waals surface area contributed by atoms with Crippen molar-refractivity contribution in [3.63, 3.8) is 0 Å². The van der Waals surface area contributed by atoms with Crippen LogP contribution in [0.5, 0.6) is 0 Å². The smallest absolute Gasteiger partial charge is 0.254 e. The maximum atomic E-state index is 12.8. The number of aliphatic imine (C=N–C) groups is 1. The lowest BCUT2D eigenvalue weighted by Crippen LogP contribution is -2.45. The van der Waals surface area contributed by atoms with Crippen LogP contribution in [0.2, 0.25) is 0 Å². The SMILES string of the molecule is CC(CCc1ccccc1)N1C(=O)C(CCC2CCCCC2)N=C1N. The molecule has 25 heavy (non-hydrogen) atoms. The maximum absolute atomic E-state index is 12.8. The Morgan fingerprint density at radius 3 is 2.60 bits per heavy atom. The minimum absolute atomic E-state index is 0.0936. The molecule has 2 N–H and O–H groups in total. The van der Waals surface area contributed by atoms with E-state index < -0.39 is 0 Å². The Kier molecular flexibility index (Phi) is 6.11. The van der Waals surface area contributed by atoms with Crippen molar-refractivity contribution in [1.29, 1.82) is 0 Å². The van der Waals surface area contributed by atoms with Crippen molar-refractivity contribution in [2.45, 2.75) is 76.8 Å². The summed E-state index contributed by atoms with van der Waals surface area (Å²) in [4.78, 5) is 19.0. The summed E-state index contributed by atoms with van der Waals surface area (Å²) in [6.45, 7) is 2.08. The molecule has 1 aliphatic carbocycles. The molecular formula is C21H31N3O. The number of amides is 1. The van der Waals surface area contributed by atoms with E-state index in [1.165, 1.54) is 37.7 Å². The van der Waals surface area contributed by atoms with Gasteiger partial charge in [0, 0.05) is 6.04 Å². The van der Waals surface area contributed by atoms with Gasteiger partial charge in [-0.15, -0.1) is 0 Å². The number of aryl methyl sites for hydroxylation is 1. The van der Waals surface area contributed by atoms with Gasteiger partial charge in [-0.2, -0.15) is 0 Å². The largest absolute Gasteiger partial charge is 0.369 e. The highest BCUT2D eigenvalue weighted by Crippen LogP contribution is 2.29. The fourth-order valence-corrected chi connectivity index (χ4v) is 4.20. The minimum Gasteiger partial charge on any atom is -0.369 e. The first-order chi connectivity index (χ1) is 12.1. The van der Waals surface area contributed by atoms with Gasteiger partial charge < -0.3 is 5.73 Å². The lowest BCUT2D eigenvalue weighted by atomic mass is 9.85. The average molecular weight is 341 g/mol. The topological polar surface area (TPSA) is 58.7 Å². The van der Waals surface area contributed by atoms with E-state index in [2.05, 4.69) is 36.2 Å². The van der Waals surface area contributed by atoms with Crippen LogP contribution >= 0.6 is 0 Å². The van der Waals surface area contributed by atoms with Gasteiger partial charge >= 0.3 is 0 Å². The predicted molar refractivity (Wildman–Crippen MR) is 102 cm³/mol. The first-order valence-electron chi connectivity index (χ1n) is 9.85. The lowest BCUT2D eigenvalue weighted by Gasteiger charge is -2.25. The molecule has 0 saturated heterocycles. The summed E-state index contributed by atoms with van der Waals surface area (Å²) in [5.41, 5.74) is 7.39. The maximum Gasteiger partial charge on any atom is 0.254 e. The zero-order valence-electron chi connectivity index (χ0n) is 15.4. The molecule has 2 unspecified atom stereocenters. The van der Waals surface area contributed by atoms with Gasteiger partial charge in [0.25, 0.3) is 5.91 Å². The van der Waals surface area contributed by atoms with Crippen LogP contribution in [0.15, 0.2) is 35.3 Å². The van der Waals surface area contributed by atoms with Crippen LogP contribution in [0.25, 0.3) is 0 Å². The molecule has 3 rings (SSSR count). The van der Waals surface area contributed by atoms with E-state index in [1.54, 1.807) is 4.90 Å². The molecule has 0 bridgehead atoms. The van der Waals surface area contributed by atoms with Gasteiger partial charge in [-0.25, -0.2) is 4.99 Å². The van der Waals surface area contributed by atoms with E-state index in [1.807, 2.05) is 6.07 Å². The fraction of sp³-hybridized carbons (Fsp3) is 0.619. The van der Waals surface area contributed by atoms with Crippen LogP contribution in [-0.4, -0.2) is 28.9 Å². The van der Waals surface area contributed by atoms with Crippen molar-refractivity contribution < 1.29 is 4.79 Å². The number of benzene rings is 1. The van der Waals surface area contributed by atoms with Gasteiger partial charge in [0.1, 0.15) is 6.04 Å². The predicted octanol–water partition coefficient (Wildman–Crippen LogP) is 3.89. The van der Waals surface area contributed by atoms with Crippen LogP contribution in [0.4, 0.5) is 0 Å². The Bertz CT molecular complexity index is 592. The fourth-order valence-electron chi connectivity index (χ4n) is 4.20. The summed E-state index contributed by atoms with van der Waals surface area (Å²) in [7, 11) is 0. The molecule has 1 aliphatic heterocycles. The summed E-state index contributed by atoms with van der Waals surface area (Å²) in [5, 5.41) is 0. The van der Waals surface area contributed by atoms with Crippen molar-refractivity contribution >= 4 is 11.9 Å². The number of carbonyl (C=O) groups excluding carboxylic acids is 1. The molecule has 0 radical (unpaired) electrons. The Hall–Kier alpha value is -1.84. The van der Waals surface area contributed by atoms with Gasteiger partial charge in [-0.3, -0.25) is 9.69 Å². The zero-order chi connectivity index (χ0) is 17.6. The van der Waals surface area contributed by atoms with Crippen LogP contribution in [-0.2, 0) is 11.2 Å². The van der Waals surface area contributed by atoms with Gasteiger partial charge in [-0.1, -0.05) is 62.4 Å². The highest BCUT2D eigenvalue weighted by atomic mass is 16.2. The first kappa shape index (κ1) is 18.0. The molecule has 4 heteroatoms. The van der Waals surface area contributed by atoms with Crippen LogP contribution < -0.4 is 5.73 Å². The van der Waals surface area contributed by atoms with Gasteiger partial charge in [0.2, 0.25) is 0 Å². The zero-order valence-corrected chi connectivity index (χ0v) is 15.4. The molecule has 1 heterocycles. The number of nitrogens with zero attached hydrogens (tertiary/aromatic N) is 2. The number of guanidine groups is 1. The third-order valence-corrected chi connectivity index (χ3v) is 5.76. The highest BCUT2D eigenvalue weighted by Gasteiger charge is 2.36. The molecule has 136 valence electrons. The normalized spacial score (nSPS) is 22.9. The Labute approximate surface area is 151 Å². The van der Waals surface area contributed by atoms with E-state index >= 15 is 0 Å². The lowest BCUT2D eigenvalue weighted by molar-refractivity contribution is -0.129. The minimum atomic E-state index is -0.249. The molecule has 0 spiro atoms. The van der Waals surface area contributed by atoms with E-state index in [4.69, 9.17) is 5.73 Å². The number of carbonyl (C=O) groups is 1. The molecule has 2 atom stereocenters. The molecular weight excluding hydrogens is 310 g/mol. The standard InChI is InChI=1S/C21H31N3O/c1-16(12-13-17-8-4-2-5-9-17)24-20(25)19(23-21(24)22)15-14-18-10-6-3-7-11-18/h2,4-5,8-9,16,18-19H,3,6-7,10-15H2,1H3,(H2,22,23). The Morgan fingerprint density at radius 1 is 1.16 bits per heavy atom. The third-order valence-electron chi connectivity index (χ3n) is 5.76. The van der Waals surface area contributed by atoms with E-state index in [0.29, 0.717) is 5.96 Å². The summed E-state index contributed by atoms with van der Waals surface area (Å²) in [5.74, 6) is 1.30. The Balaban J connectivity index is 1.50. The second-order valence-corrected chi connectivity index (χ2v) is 7.67. The Morgan fingerprint density at radius 2 is 1.88 bits per heavy atom. The van der Waals surface area contributed by atoms with E-state index in [0.717, 1.165) is 31.6 Å². The molecule has 1 aromatic rings. The van der Waals surface area contributed by atoms with E-state index in [-0.39, 0.29) is 18.0 Å². The number of hydrogen-bond donors (Lipinski definition) is 1. The third kappa shape index (κ3) is 4.62. The average Bonchev–Trinajstić information content (AvgIpc) is 2.93. The number of nitrogens with two attached hydrogens (primary N) is 1. The monoisotopic (exact) mass is 341 g/mol. The molecule has 0 aromatic heterocycles.